The number of hydrogen-bond donors (Lipinski definition) is 1. The van der Waals surface area contributed by atoms with E-state index < -0.39 is 0 Å². The van der Waals surface area contributed by atoms with Gasteiger partial charge in [-0.2, -0.15) is 0 Å². The van der Waals surface area contributed by atoms with E-state index in [2.05, 4.69) is 47.8 Å². The number of para-hydroxylation sites is 1. The Morgan fingerprint density at radius 3 is 1.52 bits per heavy atom. The molecule has 4 aromatic rings. The highest BCUT2D eigenvalue weighted by Crippen LogP contribution is 2.38. The van der Waals surface area contributed by atoms with E-state index in [4.69, 9.17) is 0 Å². The molecule has 4 rings (SSSR count). The molecule has 0 radical (unpaired) electrons. The van der Waals surface area contributed by atoms with E-state index in [9.17, 15) is 4.79 Å². The van der Waals surface area contributed by atoms with Crippen molar-refractivity contribution in [1.29, 1.82) is 0 Å². The van der Waals surface area contributed by atoms with Gasteiger partial charge in [-0.15, -0.1) is 0 Å². The van der Waals surface area contributed by atoms with E-state index >= 15 is 0 Å². The van der Waals surface area contributed by atoms with Gasteiger partial charge >= 0.3 is 0 Å². The van der Waals surface area contributed by atoms with Crippen LogP contribution in [0.4, 0.5) is 11.4 Å². The standard InChI is InChI=1S/C25H19NO/c27-24-18-9-3-8-17-23(24)26-25-21(19-11-4-1-5-12-19)15-10-16-22(25)20-13-6-2-7-14-20/h1-18H,(H,26,27). The quantitative estimate of drug-likeness (QED) is 0.480. The Morgan fingerprint density at radius 2 is 0.963 bits per heavy atom. The minimum absolute atomic E-state index is 0.0399. The maximum absolute atomic E-state index is 12.5. The summed E-state index contributed by atoms with van der Waals surface area (Å²) >= 11 is 0. The molecule has 0 unspecified atom stereocenters. The molecule has 0 aliphatic carbocycles. The van der Waals surface area contributed by atoms with Crippen LogP contribution in [0.1, 0.15) is 0 Å². The summed E-state index contributed by atoms with van der Waals surface area (Å²) in [6.45, 7) is 0. The molecule has 0 aliphatic rings. The highest BCUT2D eigenvalue weighted by atomic mass is 16.1. The molecule has 0 aromatic heterocycles. The number of anilines is 2. The smallest absolute Gasteiger partial charge is 0.201 e. The van der Waals surface area contributed by atoms with Crippen LogP contribution >= 0.6 is 0 Å². The molecule has 0 bridgehead atoms. The monoisotopic (exact) mass is 349 g/mol. The second kappa shape index (κ2) is 7.71. The maximum atomic E-state index is 12.5. The Labute approximate surface area is 158 Å². The summed E-state index contributed by atoms with van der Waals surface area (Å²) in [6, 6.07) is 35.5. The van der Waals surface area contributed by atoms with E-state index in [0.29, 0.717) is 5.69 Å². The molecule has 0 spiro atoms. The lowest BCUT2D eigenvalue weighted by atomic mass is 9.96. The summed E-state index contributed by atoms with van der Waals surface area (Å²) in [7, 11) is 0. The first-order valence-corrected chi connectivity index (χ1v) is 8.93. The van der Waals surface area contributed by atoms with E-state index in [1.165, 1.54) is 0 Å². The van der Waals surface area contributed by atoms with Gasteiger partial charge < -0.3 is 5.32 Å². The third kappa shape index (κ3) is 3.65. The second-order valence-electron chi connectivity index (χ2n) is 6.27. The fraction of sp³-hybridized carbons (Fsp3) is 0. The van der Waals surface area contributed by atoms with E-state index in [1.54, 1.807) is 12.1 Å². The molecule has 2 heteroatoms. The van der Waals surface area contributed by atoms with Crippen molar-refractivity contribution < 1.29 is 0 Å². The molecule has 0 saturated heterocycles. The van der Waals surface area contributed by atoms with Crippen molar-refractivity contribution in [3.8, 4) is 22.3 Å². The van der Waals surface area contributed by atoms with Gasteiger partial charge in [-0.25, -0.2) is 0 Å². The van der Waals surface area contributed by atoms with Crippen molar-refractivity contribution >= 4 is 11.4 Å². The van der Waals surface area contributed by atoms with Gasteiger partial charge in [0, 0.05) is 11.1 Å². The SMILES string of the molecule is O=c1cccccc1Nc1c(-c2ccccc2)cccc1-c1ccccc1. The Morgan fingerprint density at radius 1 is 0.481 bits per heavy atom. The van der Waals surface area contributed by atoms with Crippen molar-refractivity contribution in [1.82, 2.24) is 0 Å². The fourth-order valence-electron chi connectivity index (χ4n) is 3.17. The molecule has 2 nitrogen and oxygen atoms in total. The predicted octanol–water partition coefficient (Wildman–Crippen LogP) is 6.12. The van der Waals surface area contributed by atoms with Crippen LogP contribution in [0.5, 0.6) is 0 Å². The Balaban J connectivity index is 1.94. The normalized spacial score (nSPS) is 10.4. The van der Waals surface area contributed by atoms with Crippen molar-refractivity contribution in [3.63, 3.8) is 0 Å². The second-order valence-corrected chi connectivity index (χ2v) is 6.27. The third-order valence-corrected chi connectivity index (χ3v) is 4.49. The van der Waals surface area contributed by atoms with Gasteiger partial charge in [-0.3, -0.25) is 4.79 Å². The van der Waals surface area contributed by atoms with Crippen molar-refractivity contribution in [3.05, 3.63) is 119 Å². The zero-order valence-corrected chi connectivity index (χ0v) is 14.8. The van der Waals surface area contributed by atoms with Gasteiger partial charge in [0.05, 0.1) is 11.4 Å². The first-order valence-electron chi connectivity index (χ1n) is 8.93. The van der Waals surface area contributed by atoms with Gasteiger partial charge in [0.15, 0.2) is 0 Å². The molecule has 0 heterocycles. The van der Waals surface area contributed by atoms with Crippen molar-refractivity contribution in [2.75, 3.05) is 5.32 Å². The lowest BCUT2D eigenvalue weighted by Crippen LogP contribution is -2.05. The zero-order valence-electron chi connectivity index (χ0n) is 14.8. The van der Waals surface area contributed by atoms with Gasteiger partial charge in [-0.05, 0) is 23.3 Å². The van der Waals surface area contributed by atoms with E-state index in [-0.39, 0.29) is 5.43 Å². The summed E-state index contributed by atoms with van der Waals surface area (Å²) in [5.74, 6) is 0. The lowest BCUT2D eigenvalue weighted by molar-refractivity contribution is 1.50. The topological polar surface area (TPSA) is 29.1 Å². The van der Waals surface area contributed by atoms with Crippen LogP contribution in [0.3, 0.4) is 0 Å². The minimum Gasteiger partial charge on any atom is -0.351 e. The molecule has 0 aliphatic heterocycles. The number of hydrogen-bond acceptors (Lipinski definition) is 2. The summed E-state index contributed by atoms with van der Waals surface area (Å²) in [4.78, 5) is 12.5. The summed E-state index contributed by atoms with van der Waals surface area (Å²) in [5, 5.41) is 3.41. The maximum Gasteiger partial charge on any atom is 0.201 e. The van der Waals surface area contributed by atoms with Crippen LogP contribution in [0.2, 0.25) is 0 Å². The highest BCUT2D eigenvalue weighted by Gasteiger charge is 2.13. The molecule has 0 atom stereocenters. The molecule has 0 amide bonds. The van der Waals surface area contributed by atoms with Gasteiger partial charge in [0.1, 0.15) is 0 Å². The molecule has 0 saturated carbocycles. The first kappa shape index (κ1) is 16.8. The van der Waals surface area contributed by atoms with Gasteiger partial charge in [-0.1, -0.05) is 97.1 Å². The average molecular weight is 349 g/mol. The van der Waals surface area contributed by atoms with Gasteiger partial charge in [0.2, 0.25) is 5.43 Å². The van der Waals surface area contributed by atoms with Crippen LogP contribution in [-0.2, 0) is 0 Å². The molecule has 27 heavy (non-hydrogen) atoms. The van der Waals surface area contributed by atoms with E-state index in [0.717, 1.165) is 27.9 Å². The molecule has 0 fully saturated rings. The molecular formula is C25H19NO. The van der Waals surface area contributed by atoms with Crippen LogP contribution < -0.4 is 10.7 Å². The van der Waals surface area contributed by atoms with Crippen molar-refractivity contribution in [2.24, 2.45) is 0 Å². The number of nitrogens with one attached hydrogen (secondary N) is 1. The van der Waals surface area contributed by atoms with Crippen LogP contribution in [0.25, 0.3) is 22.3 Å². The zero-order chi connectivity index (χ0) is 18.5. The van der Waals surface area contributed by atoms with Crippen LogP contribution in [0, 0.1) is 0 Å². The predicted molar refractivity (Wildman–Crippen MR) is 113 cm³/mol. The highest BCUT2D eigenvalue weighted by molar-refractivity contribution is 5.92. The summed E-state index contributed by atoms with van der Waals surface area (Å²) < 4.78 is 0. The molecule has 130 valence electrons. The van der Waals surface area contributed by atoms with E-state index in [1.807, 2.05) is 54.6 Å². The van der Waals surface area contributed by atoms with Crippen LogP contribution in [0.15, 0.2) is 114 Å². The van der Waals surface area contributed by atoms with Crippen molar-refractivity contribution in [2.45, 2.75) is 0 Å². The largest absolute Gasteiger partial charge is 0.351 e. The fourth-order valence-corrected chi connectivity index (χ4v) is 3.17. The Bertz CT molecular complexity index is 1050. The number of benzene rings is 3. The third-order valence-electron chi connectivity index (χ3n) is 4.49. The minimum atomic E-state index is -0.0399. The molecule has 4 aromatic carbocycles. The first-order chi connectivity index (χ1) is 13.3. The Hall–Kier alpha value is -3.65. The summed E-state index contributed by atoms with van der Waals surface area (Å²) in [5.41, 5.74) is 5.77. The number of rotatable bonds is 4. The van der Waals surface area contributed by atoms with Gasteiger partial charge in [0.25, 0.3) is 0 Å². The lowest BCUT2D eigenvalue weighted by Gasteiger charge is -2.17. The molecular weight excluding hydrogens is 330 g/mol. The Kier molecular flexibility index (Phi) is 4.80. The summed E-state index contributed by atoms with van der Waals surface area (Å²) in [6.07, 6.45) is 0. The van der Waals surface area contributed by atoms with Crippen LogP contribution in [-0.4, -0.2) is 0 Å². The average Bonchev–Trinajstić information content (AvgIpc) is 2.94. The molecule has 1 N–H and O–H groups in total.